The van der Waals surface area contributed by atoms with Gasteiger partial charge in [-0.05, 0) is 37.1 Å². The van der Waals surface area contributed by atoms with Gasteiger partial charge in [0.05, 0.1) is 11.3 Å². The van der Waals surface area contributed by atoms with Crippen molar-refractivity contribution < 1.29 is 13.2 Å². The van der Waals surface area contributed by atoms with Crippen LogP contribution in [-0.4, -0.2) is 34.8 Å². The molecule has 0 atom stereocenters. The van der Waals surface area contributed by atoms with Gasteiger partial charge in [-0.25, -0.2) is 4.98 Å². The molecule has 0 unspecified atom stereocenters. The van der Waals surface area contributed by atoms with Crippen molar-refractivity contribution in [3.05, 3.63) is 41.7 Å². The second-order valence-electron chi connectivity index (χ2n) is 6.67. The van der Waals surface area contributed by atoms with E-state index in [1.165, 1.54) is 18.9 Å². The van der Waals surface area contributed by atoms with E-state index in [1.54, 1.807) is 0 Å². The van der Waals surface area contributed by atoms with Gasteiger partial charge in [-0.15, -0.1) is 5.10 Å². The van der Waals surface area contributed by atoms with Crippen molar-refractivity contribution in [3.63, 3.8) is 0 Å². The molecule has 1 saturated carbocycles. The van der Waals surface area contributed by atoms with Gasteiger partial charge in [-0.3, -0.25) is 0 Å². The Kier molecular flexibility index (Phi) is 3.97. The van der Waals surface area contributed by atoms with Gasteiger partial charge in [0.1, 0.15) is 5.82 Å². The minimum absolute atomic E-state index is 0.411. The average molecular weight is 349 g/mol. The van der Waals surface area contributed by atoms with Crippen LogP contribution in [0.2, 0.25) is 0 Å². The molecule has 1 saturated heterocycles. The fraction of sp³-hybridized carbons (Fsp3) is 0.471. The summed E-state index contributed by atoms with van der Waals surface area (Å²) < 4.78 is 37.5. The lowest BCUT2D eigenvalue weighted by molar-refractivity contribution is -0.137. The number of alkyl halides is 3. The van der Waals surface area contributed by atoms with Crippen LogP contribution in [0, 0.1) is 5.92 Å². The van der Waals surface area contributed by atoms with E-state index in [4.69, 9.17) is 0 Å². The molecule has 25 heavy (non-hydrogen) atoms. The summed E-state index contributed by atoms with van der Waals surface area (Å²) in [7, 11) is 0. The summed E-state index contributed by atoms with van der Waals surface area (Å²) in [4.78, 5) is 5.97. The van der Waals surface area contributed by atoms with Gasteiger partial charge in [0.2, 0.25) is 0 Å². The van der Waals surface area contributed by atoms with Crippen molar-refractivity contribution in [1.29, 1.82) is 0 Å². The van der Waals surface area contributed by atoms with Crippen LogP contribution in [0.15, 0.2) is 30.5 Å². The van der Waals surface area contributed by atoms with E-state index in [1.807, 2.05) is 6.07 Å². The number of pyridine rings is 1. The molecule has 0 bridgehead atoms. The first kappa shape index (κ1) is 16.1. The Morgan fingerprint density at radius 3 is 2.44 bits per heavy atom. The minimum Gasteiger partial charge on any atom is -0.370 e. The Morgan fingerprint density at radius 1 is 1.08 bits per heavy atom. The molecule has 2 aliphatic rings. The first-order chi connectivity index (χ1) is 12.0. The average Bonchev–Trinajstić information content (AvgIpc) is 3.38. The van der Waals surface area contributed by atoms with Crippen LogP contribution in [0.1, 0.15) is 30.0 Å². The molecule has 8 heteroatoms. The summed E-state index contributed by atoms with van der Waals surface area (Å²) in [5, 5.41) is 11.7. The second kappa shape index (κ2) is 6.16. The summed E-state index contributed by atoms with van der Waals surface area (Å²) >= 11 is 0. The summed E-state index contributed by atoms with van der Waals surface area (Å²) in [5.74, 6) is 2.36. The number of rotatable bonds is 5. The number of hydrogen-bond donors (Lipinski definition) is 1. The number of nitrogens with zero attached hydrogens (tertiary/aromatic N) is 4. The van der Waals surface area contributed by atoms with Crippen LogP contribution in [-0.2, 0) is 6.18 Å². The molecule has 0 amide bonds. The van der Waals surface area contributed by atoms with Gasteiger partial charge >= 0.3 is 6.18 Å². The number of anilines is 2. The molecule has 2 fully saturated rings. The first-order valence-electron chi connectivity index (χ1n) is 8.35. The zero-order chi connectivity index (χ0) is 17.4. The van der Waals surface area contributed by atoms with Gasteiger partial charge in [0.15, 0.2) is 5.82 Å². The van der Waals surface area contributed by atoms with E-state index in [0.717, 1.165) is 36.9 Å². The SMILES string of the molecule is FC(F)(F)c1ccc(NCC2CN(c3ccc(C4CC4)nn3)C2)nc1. The van der Waals surface area contributed by atoms with Gasteiger partial charge in [-0.1, -0.05) is 0 Å². The number of hydrogen-bond acceptors (Lipinski definition) is 5. The molecule has 5 nitrogen and oxygen atoms in total. The van der Waals surface area contributed by atoms with E-state index in [9.17, 15) is 13.2 Å². The first-order valence-corrected chi connectivity index (χ1v) is 8.35. The Morgan fingerprint density at radius 2 is 1.88 bits per heavy atom. The predicted molar refractivity (Wildman–Crippen MR) is 87.4 cm³/mol. The smallest absolute Gasteiger partial charge is 0.370 e. The highest BCUT2D eigenvalue weighted by atomic mass is 19.4. The van der Waals surface area contributed by atoms with Gasteiger partial charge in [-0.2, -0.15) is 18.3 Å². The molecule has 0 aromatic carbocycles. The molecular weight excluding hydrogens is 331 g/mol. The highest BCUT2D eigenvalue weighted by Crippen LogP contribution is 2.39. The van der Waals surface area contributed by atoms with Gasteiger partial charge in [0, 0.05) is 37.7 Å². The molecule has 132 valence electrons. The molecule has 2 aromatic heterocycles. The molecule has 0 spiro atoms. The molecule has 0 radical (unpaired) electrons. The van der Waals surface area contributed by atoms with Crippen molar-refractivity contribution in [2.45, 2.75) is 24.9 Å². The fourth-order valence-electron chi connectivity index (χ4n) is 2.90. The van der Waals surface area contributed by atoms with Crippen LogP contribution in [0.4, 0.5) is 24.8 Å². The Balaban J connectivity index is 1.24. The Labute approximate surface area is 143 Å². The lowest BCUT2D eigenvalue weighted by Crippen LogP contribution is -2.50. The predicted octanol–water partition coefficient (Wildman–Crippen LogP) is 3.32. The van der Waals surface area contributed by atoms with Crippen molar-refractivity contribution in [2.75, 3.05) is 29.9 Å². The lowest BCUT2D eigenvalue weighted by Gasteiger charge is -2.40. The van der Waals surface area contributed by atoms with Crippen LogP contribution >= 0.6 is 0 Å². The quantitative estimate of drug-likeness (QED) is 0.897. The van der Waals surface area contributed by atoms with Crippen LogP contribution < -0.4 is 10.2 Å². The largest absolute Gasteiger partial charge is 0.417 e. The van der Waals surface area contributed by atoms with Crippen molar-refractivity contribution in [2.24, 2.45) is 5.92 Å². The molecular formula is C17H18F3N5. The molecule has 3 heterocycles. The molecule has 2 aromatic rings. The molecule has 4 rings (SSSR count). The summed E-state index contributed by atoms with van der Waals surface area (Å²) in [6.45, 7) is 2.37. The number of nitrogens with one attached hydrogen (secondary N) is 1. The zero-order valence-corrected chi connectivity index (χ0v) is 13.5. The molecule has 1 N–H and O–H groups in total. The summed E-state index contributed by atoms with van der Waals surface area (Å²) in [5.41, 5.74) is 0.344. The lowest BCUT2D eigenvalue weighted by atomic mass is 10.0. The highest BCUT2D eigenvalue weighted by Gasteiger charge is 2.31. The van der Waals surface area contributed by atoms with Crippen LogP contribution in [0.25, 0.3) is 0 Å². The van der Waals surface area contributed by atoms with Gasteiger partial charge < -0.3 is 10.2 Å². The van der Waals surface area contributed by atoms with Crippen LogP contribution in [0.3, 0.4) is 0 Å². The van der Waals surface area contributed by atoms with E-state index in [0.29, 0.717) is 24.2 Å². The zero-order valence-electron chi connectivity index (χ0n) is 13.5. The maximum Gasteiger partial charge on any atom is 0.417 e. The number of halogens is 3. The normalized spacial score (nSPS) is 18.1. The van der Waals surface area contributed by atoms with E-state index in [2.05, 4.69) is 31.5 Å². The monoisotopic (exact) mass is 349 g/mol. The third-order valence-electron chi connectivity index (χ3n) is 4.61. The summed E-state index contributed by atoms with van der Waals surface area (Å²) in [6.07, 6.45) is -1.07. The minimum atomic E-state index is -4.35. The van der Waals surface area contributed by atoms with Crippen molar-refractivity contribution in [1.82, 2.24) is 15.2 Å². The highest BCUT2D eigenvalue weighted by molar-refractivity contribution is 5.42. The third-order valence-corrected chi connectivity index (χ3v) is 4.61. The maximum atomic E-state index is 12.5. The standard InChI is InChI=1S/C17H18F3N5/c18-17(19,20)13-3-5-15(22-8-13)21-7-11-9-25(10-11)16-6-4-14(23-24-16)12-1-2-12/h3-6,8,11-12H,1-2,7,9-10H2,(H,21,22). The third kappa shape index (κ3) is 3.67. The maximum absolute atomic E-state index is 12.5. The molecule has 1 aliphatic heterocycles. The second-order valence-corrected chi connectivity index (χ2v) is 6.67. The van der Waals surface area contributed by atoms with E-state index in [-0.39, 0.29) is 0 Å². The Hall–Kier alpha value is -2.38. The topological polar surface area (TPSA) is 53.9 Å². The van der Waals surface area contributed by atoms with Crippen LogP contribution in [0.5, 0.6) is 0 Å². The van der Waals surface area contributed by atoms with Crippen molar-refractivity contribution >= 4 is 11.6 Å². The van der Waals surface area contributed by atoms with Gasteiger partial charge in [0.25, 0.3) is 0 Å². The number of aromatic nitrogens is 3. The van der Waals surface area contributed by atoms with E-state index >= 15 is 0 Å². The van der Waals surface area contributed by atoms with Crippen molar-refractivity contribution in [3.8, 4) is 0 Å². The molecule has 1 aliphatic carbocycles. The Bertz CT molecular complexity index is 719. The summed E-state index contributed by atoms with van der Waals surface area (Å²) in [6, 6.07) is 6.47. The van der Waals surface area contributed by atoms with E-state index < -0.39 is 11.7 Å². The fourth-order valence-corrected chi connectivity index (χ4v) is 2.90.